The molecule has 0 heterocycles. The van der Waals surface area contributed by atoms with Crippen LogP contribution in [0.2, 0.25) is 15.1 Å². The van der Waals surface area contributed by atoms with Crippen LogP contribution in [0.5, 0.6) is 11.5 Å². The molecule has 0 saturated heterocycles. The summed E-state index contributed by atoms with van der Waals surface area (Å²) in [4.78, 5) is 0. The van der Waals surface area contributed by atoms with Crippen molar-refractivity contribution in [3.63, 3.8) is 0 Å². The summed E-state index contributed by atoms with van der Waals surface area (Å²) >= 11 is 18.1. The van der Waals surface area contributed by atoms with Gasteiger partial charge in [-0.05, 0) is 36.8 Å². The van der Waals surface area contributed by atoms with Crippen LogP contribution in [-0.2, 0) is 0 Å². The van der Waals surface area contributed by atoms with Gasteiger partial charge < -0.3 is 4.74 Å². The SMILES string of the molecule is Cc1ccc(Cl)c(Oc2cc(Cl)cc(C#N)c2)c1Cl. The number of halogens is 3. The van der Waals surface area contributed by atoms with Gasteiger partial charge in [-0.2, -0.15) is 5.26 Å². The van der Waals surface area contributed by atoms with E-state index in [-0.39, 0.29) is 0 Å². The Morgan fingerprint density at radius 2 is 1.84 bits per heavy atom. The molecule has 96 valence electrons. The van der Waals surface area contributed by atoms with Crippen molar-refractivity contribution in [2.45, 2.75) is 6.92 Å². The van der Waals surface area contributed by atoms with E-state index in [1.807, 2.05) is 13.0 Å². The van der Waals surface area contributed by atoms with Gasteiger partial charge in [0.2, 0.25) is 0 Å². The number of hydrogen-bond donors (Lipinski definition) is 0. The van der Waals surface area contributed by atoms with Crippen LogP contribution in [0.4, 0.5) is 0 Å². The first-order chi connectivity index (χ1) is 9.01. The Kier molecular flexibility index (Phi) is 4.21. The van der Waals surface area contributed by atoms with Gasteiger partial charge >= 0.3 is 0 Å². The average molecular weight is 313 g/mol. The maximum Gasteiger partial charge on any atom is 0.164 e. The summed E-state index contributed by atoms with van der Waals surface area (Å²) in [6.45, 7) is 1.85. The van der Waals surface area contributed by atoms with Crippen LogP contribution < -0.4 is 4.74 Å². The summed E-state index contributed by atoms with van der Waals surface area (Å²) in [5.74, 6) is 0.771. The molecule has 0 bridgehead atoms. The quantitative estimate of drug-likeness (QED) is 0.721. The van der Waals surface area contributed by atoms with E-state index >= 15 is 0 Å². The third-order valence-corrected chi connectivity index (χ3v) is 3.45. The number of hydrogen-bond acceptors (Lipinski definition) is 2. The van der Waals surface area contributed by atoms with E-state index in [9.17, 15) is 0 Å². The minimum atomic E-state index is 0.356. The van der Waals surface area contributed by atoms with Crippen LogP contribution in [-0.4, -0.2) is 0 Å². The zero-order valence-electron chi connectivity index (χ0n) is 9.88. The molecule has 0 aromatic heterocycles. The number of ether oxygens (including phenoxy) is 1. The first kappa shape index (κ1) is 14.0. The summed E-state index contributed by atoms with van der Waals surface area (Å²) in [6, 6.07) is 10.2. The molecule has 0 unspecified atom stereocenters. The third kappa shape index (κ3) is 3.13. The third-order valence-electron chi connectivity index (χ3n) is 2.46. The lowest BCUT2D eigenvalue weighted by Gasteiger charge is -2.11. The van der Waals surface area contributed by atoms with Crippen molar-refractivity contribution in [3.8, 4) is 17.6 Å². The molecule has 2 nitrogen and oxygen atoms in total. The van der Waals surface area contributed by atoms with Gasteiger partial charge in [0.15, 0.2) is 5.75 Å². The monoisotopic (exact) mass is 311 g/mol. The Balaban J connectivity index is 2.45. The van der Waals surface area contributed by atoms with Crippen LogP contribution in [0, 0.1) is 18.3 Å². The van der Waals surface area contributed by atoms with Crippen LogP contribution >= 0.6 is 34.8 Å². The largest absolute Gasteiger partial charge is 0.454 e. The molecule has 0 N–H and O–H groups in total. The van der Waals surface area contributed by atoms with E-state index < -0.39 is 0 Å². The summed E-state index contributed by atoms with van der Waals surface area (Å²) in [5, 5.41) is 10.1. The molecular formula is C14H8Cl3NO. The summed E-state index contributed by atoms with van der Waals surface area (Å²) in [6.07, 6.45) is 0. The van der Waals surface area contributed by atoms with Crippen molar-refractivity contribution in [1.82, 2.24) is 0 Å². The minimum absolute atomic E-state index is 0.356. The van der Waals surface area contributed by atoms with Gasteiger partial charge in [0, 0.05) is 5.02 Å². The summed E-state index contributed by atoms with van der Waals surface area (Å²) in [5.41, 5.74) is 1.26. The van der Waals surface area contributed by atoms with Crippen LogP contribution in [0.25, 0.3) is 0 Å². The summed E-state index contributed by atoms with van der Waals surface area (Å²) < 4.78 is 5.64. The van der Waals surface area contributed by atoms with Gasteiger partial charge in [-0.3, -0.25) is 0 Å². The van der Waals surface area contributed by atoms with Gasteiger partial charge in [-0.25, -0.2) is 0 Å². The van der Waals surface area contributed by atoms with Crippen LogP contribution in [0.3, 0.4) is 0 Å². The van der Waals surface area contributed by atoms with E-state index in [0.29, 0.717) is 32.1 Å². The number of benzene rings is 2. The smallest absolute Gasteiger partial charge is 0.164 e. The fourth-order valence-electron chi connectivity index (χ4n) is 1.53. The Bertz CT molecular complexity index is 677. The van der Waals surface area contributed by atoms with Crippen molar-refractivity contribution < 1.29 is 4.74 Å². The molecule has 0 aliphatic carbocycles. The van der Waals surface area contributed by atoms with Gasteiger partial charge in [0.25, 0.3) is 0 Å². The highest BCUT2D eigenvalue weighted by molar-refractivity contribution is 6.37. The van der Waals surface area contributed by atoms with Crippen molar-refractivity contribution in [1.29, 1.82) is 5.26 Å². The predicted molar refractivity (Wildman–Crippen MR) is 77.4 cm³/mol. The molecule has 0 atom stereocenters. The molecule has 0 spiro atoms. The highest BCUT2D eigenvalue weighted by atomic mass is 35.5. The van der Waals surface area contributed by atoms with Crippen molar-refractivity contribution in [2.24, 2.45) is 0 Å². The first-order valence-electron chi connectivity index (χ1n) is 5.34. The Hall–Kier alpha value is -1.40. The Morgan fingerprint density at radius 3 is 2.53 bits per heavy atom. The molecule has 2 aromatic rings. The molecule has 0 amide bonds. The van der Waals surface area contributed by atoms with Gasteiger partial charge in [0.1, 0.15) is 5.75 Å². The Labute approximate surface area is 126 Å². The molecule has 5 heteroatoms. The zero-order chi connectivity index (χ0) is 14.0. The molecule has 0 aliphatic rings. The van der Waals surface area contributed by atoms with Gasteiger partial charge in [0.05, 0.1) is 21.7 Å². The molecule has 2 aromatic carbocycles. The number of nitrogens with zero attached hydrogens (tertiary/aromatic N) is 1. The molecule has 2 rings (SSSR count). The van der Waals surface area contributed by atoms with Crippen molar-refractivity contribution in [3.05, 3.63) is 56.5 Å². The van der Waals surface area contributed by atoms with E-state index in [4.69, 9.17) is 44.8 Å². The number of aryl methyl sites for hydroxylation is 1. The zero-order valence-corrected chi connectivity index (χ0v) is 12.1. The van der Waals surface area contributed by atoms with Crippen LogP contribution in [0.1, 0.15) is 11.1 Å². The van der Waals surface area contributed by atoms with E-state index in [1.54, 1.807) is 30.3 Å². The molecule has 0 aliphatic heterocycles. The maximum atomic E-state index is 8.89. The second kappa shape index (κ2) is 5.71. The van der Waals surface area contributed by atoms with Gasteiger partial charge in [-0.15, -0.1) is 0 Å². The van der Waals surface area contributed by atoms with Crippen molar-refractivity contribution in [2.75, 3.05) is 0 Å². The lowest BCUT2D eigenvalue weighted by molar-refractivity contribution is 0.482. The standard InChI is InChI=1S/C14H8Cl3NO/c1-8-2-3-12(16)14(13(8)17)19-11-5-9(7-18)4-10(15)6-11/h2-6H,1H3. The van der Waals surface area contributed by atoms with E-state index in [2.05, 4.69) is 0 Å². The first-order valence-corrected chi connectivity index (χ1v) is 6.48. The minimum Gasteiger partial charge on any atom is -0.454 e. The lowest BCUT2D eigenvalue weighted by atomic mass is 10.2. The second-order valence-electron chi connectivity index (χ2n) is 3.90. The average Bonchev–Trinajstić information content (AvgIpc) is 2.38. The van der Waals surface area contributed by atoms with Crippen molar-refractivity contribution >= 4 is 34.8 Å². The number of nitriles is 1. The lowest BCUT2D eigenvalue weighted by Crippen LogP contribution is -1.89. The topological polar surface area (TPSA) is 33.0 Å². The second-order valence-corrected chi connectivity index (χ2v) is 5.12. The fourth-order valence-corrected chi connectivity index (χ4v) is 2.20. The molecular weight excluding hydrogens is 305 g/mol. The maximum absolute atomic E-state index is 8.89. The molecule has 19 heavy (non-hydrogen) atoms. The number of rotatable bonds is 2. The normalized spacial score (nSPS) is 10.1. The van der Waals surface area contributed by atoms with E-state index in [0.717, 1.165) is 5.56 Å². The summed E-state index contributed by atoms with van der Waals surface area (Å²) in [7, 11) is 0. The molecule has 0 saturated carbocycles. The highest BCUT2D eigenvalue weighted by Gasteiger charge is 2.11. The molecule has 0 fully saturated rings. The van der Waals surface area contributed by atoms with Gasteiger partial charge in [-0.1, -0.05) is 40.9 Å². The van der Waals surface area contributed by atoms with Crippen LogP contribution in [0.15, 0.2) is 30.3 Å². The molecule has 0 radical (unpaired) electrons. The van der Waals surface area contributed by atoms with E-state index in [1.165, 1.54) is 0 Å². The fraction of sp³-hybridized carbons (Fsp3) is 0.0714. The highest BCUT2D eigenvalue weighted by Crippen LogP contribution is 2.38. The Morgan fingerprint density at radius 1 is 1.11 bits per heavy atom. The predicted octanol–water partition coefficient (Wildman–Crippen LogP) is 5.62.